The van der Waals surface area contributed by atoms with Crippen molar-refractivity contribution in [3.8, 4) is 0 Å². The molecule has 0 unspecified atom stereocenters. The van der Waals surface area contributed by atoms with Crippen LogP contribution in [0.1, 0.15) is 12.3 Å². The number of benzene rings is 1. The molecule has 1 aromatic carbocycles. The molecule has 0 fully saturated rings. The minimum Gasteiger partial charge on any atom is -0.441 e. The van der Waals surface area contributed by atoms with Gasteiger partial charge in [0.25, 0.3) is 0 Å². The standard InChI is InChI=1S/C13H16N2O2S/c1-18-9-12(16)14-8-4-7-13-15-10-5-2-3-6-11(10)17-13/h2-3,5-6H,4,7-9H2,1H3,(H,14,16). The molecule has 0 radical (unpaired) electrons. The number of rotatable bonds is 6. The van der Waals surface area contributed by atoms with E-state index in [4.69, 9.17) is 4.42 Å². The van der Waals surface area contributed by atoms with Crippen molar-refractivity contribution in [2.45, 2.75) is 12.8 Å². The Morgan fingerprint density at radius 1 is 1.44 bits per heavy atom. The maximum absolute atomic E-state index is 11.2. The molecule has 1 heterocycles. The van der Waals surface area contributed by atoms with E-state index >= 15 is 0 Å². The third kappa shape index (κ3) is 3.50. The van der Waals surface area contributed by atoms with Crippen LogP contribution >= 0.6 is 11.8 Å². The number of amides is 1. The number of fused-ring (bicyclic) bond motifs is 1. The van der Waals surface area contributed by atoms with Crippen molar-refractivity contribution in [3.05, 3.63) is 30.2 Å². The molecule has 0 aliphatic rings. The number of aryl methyl sites for hydroxylation is 1. The molecule has 1 amide bonds. The van der Waals surface area contributed by atoms with Gasteiger partial charge in [0.05, 0.1) is 5.75 Å². The lowest BCUT2D eigenvalue weighted by molar-refractivity contribution is -0.118. The van der Waals surface area contributed by atoms with Crippen LogP contribution in [0.25, 0.3) is 11.1 Å². The number of para-hydroxylation sites is 2. The van der Waals surface area contributed by atoms with Crippen LogP contribution in [0.15, 0.2) is 28.7 Å². The highest BCUT2D eigenvalue weighted by molar-refractivity contribution is 7.99. The average molecular weight is 264 g/mol. The summed E-state index contributed by atoms with van der Waals surface area (Å²) in [4.78, 5) is 15.6. The number of nitrogens with zero attached hydrogens (tertiary/aromatic N) is 1. The van der Waals surface area contributed by atoms with Crippen molar-refractivity contribution in [2.24, 2.45) is 0 Å². The summed E-state index contributed by atoms with van der Waals surface area (Å²) in [5, 5.41) is 2.86. The molecule has 2 aromatic rings. The van der Waals surface area contributed by atoms with Crippen molar-refractivity contribution in [1.29, 1.82) is 0 Å². The number of hydrogen-bond donors (Lipinski definition) is 1. The first kappa shape index (κ1) is 13.0. The number of hydrogen-bond acceptors (Lipinski definition) is 4. The molecule has 4 nitrogen and oxygen atoms in total. The first-order valence-corrected chi connectivity index (χ1v) is 7.29. The Morgan fingerprint density at radius 2 is 2.28 bits per heavy atom. The fourth-order valence-electron chi connectivity index (χ4n) is 1.68. The number of carbonyl (C=O) groups excluding carboxylic acids is 1. The molecule has 0 saturated heterocycles. The fraction of sp³-hybridized carbons (Fsp3) is 0.385. The van der Waals surface area contributed by atoms with Crippen LogP contribution in [0, 0.1) is 0 Å². The first-order valence-electron chi connectivity index (χ1n) is 5.89. The van der Waals surface area contributed by atoms with E-state index in [0.717, 1.165) is 29.8 Å². The van der Waals surface area contributed by atoms with Gasteiger partial charge in [0.2, 0.25) is 5.91 Å². The lowest BCUT2D eigenvalue weighted by Crippen LogP contribution is -2.26. The fourth-order valence-corrected chi connectivity index (χ4v) is 2.04. The van der Waals surface area contributed by atoms with Gasteiger partial charge in [0, 0.05) is 13.0 Å². The van der Waals surface area contributed by atoms with Crippen LogP contribution in [0.3, 0.4) is 0 Å². The topological polar surface area (TPSA) is 55.1 Å². The molecule has 1 N–H and O–H groups in total. The average Bonchev–Trinajstić information content (AvgIpc) is 2.77. The molecule has 0 bridgehead atoms. The van der Waals surface area contributed by atoms with Crippen molar-refractivity contribution in [2.75, 3.05) is 18.6 Å². The first-order chi connectivity index (χ1) is 8.79. The van der Waals surface area contributed by atoms with Crippen molar-refractivity contribution in [1.82, 2.24) is 10.3 Å². The number of thioether (sulfide) groups is 1. The smallest absolute Gasteiger partial charge is 0.229 e. The zero-order valence-electron chi connectivity index (χ0n) is 10.3. The van der Waals surface area contributed by atoms with Gasteiger partial charge >= 0.3 is 0 Å². The van der Waals surface area contributed by atoms with E-state index < -0.39 is 0 Å². The summed E-state index contributed by atoms with van der Waals surface area (Å²) in [6, 6.07) is 7.71. The summed E-state index contributed by atoms with van der Waals surface area (Å²) in [6.07, 6.45) is 3.50. The highest BCUT2D eigenvalue weighted by Gasteiger charge is 2.05. The normalized spacial score (nSPS) is 10.7. The number of oxazole rings is 1. The SMILES string of the molecule is CSCC(=O)NCCCc1nc2ccccc2o1. The van der Waals surface area contributed by atoms with Gasteiger partial charge in [0.1, 0.15) is 5.52 Å². The van der Waals surface area contributed by atoms with Crippen LogP contribution in [-0.2, 0) is 11.2 Å². The second-order valence-corrected chi connectivity index (χ2v) is 4.83. The molecule has 18 heavy (non-hydrogen) atoms. The summed E-state index contributed by atoms with van der Waals surface area (Å²) in [5.41, 5.74) is 1.71. The summed E-state index contributed by atoms with van der Waals surface area (Å²) < 4.78 is 5.59. The maximum atomic E-state index is 11.2. The molecule has 1 aromatic heterocycles. The monoisotopic (exact) mass is 264 g/mol. The highest BCUT2D eigenvalue weighted by Crippen LogP contribution is 2.15. The predicted molar refractivity (Wildman–Crippen MR) is 73.7 cm³/mol. The quantitative estimate of drug-likeness (QED) is 0.813. The Balaban J connectivity index is 1.78. The van der Waals surface area contributed by atoms with E-state index in [1.807, 2.05) is 30.5 Å². The van der Waals surface area contributed by atoms with Crippen LogP contribution in [0.5, 0.6) is 0 Å². The molecule has 0 spiro atoms. The number of nitrogens with one attached hydrogen (secondary N) is 1. The molecule has 0 aliphatic heterocycles. The lowest BCUT2D eigenvalue weighted by atomic mass is 10.3. The second kappa shape index (κ2) is 6.44. The highest BCUT2D eigenvalue weighted by atomic mass is 32.2. The van der Waals surface area contributed by atoms with Crippen LogP contribution in [0.4, 0.5) is 0 Å². The molecule has 5 heteroatoms. The molecule has 0 aliphatic carbocycles. The second-order valence-electron chi connectivity index (χ2n) is 3.96. The van der Waals surface area contributed by atoms with Gasteiger partial charge in [-0.15, -0.1) is 0 Å². The Morgan fingerprint density at radius 3 is 3.06 bits per heavy atom. The van der Waals surface area contributed by atoms with Gasteiger partial charge in [-0.05, 0) is 24.8 Å². The van der Waals surface area contributed by atoms with Gasteiger partial charge in [-0.25, -0.2) is 4.98 Å². The van der Waals surface area contributed by atoms with Crippen molar-refractivity contribution in [3.63, 3.8) is 0 Å². The van der Waals surface area contributed by atoms with E-state index in [9.17, 15) is 4.79 Å². The van der Waals surface area contributed by atoms with Gasteiger partial charge in [0.15, 0.2) is 11.5 Å². The molecule has 0 saturated carbocycles. The van der Waals surface area contributed by atoms with Gasteiger partial charge in [-0.1, -0.05) is 12.1 Å². The lowest BCUT2D eigenvalue weighted by Gasteiger charge is -2.01. The van der Waals surface area contributed by atoms with Crippen LogP contribution in [-0.4, -0.2) is 29.4 Å². The van der Waals surface area contributed by atoms with E-state index in [1.54, 1.807) is 0 Å². The van der Waals surface area contributed by atoms with Crippen molar-refractivity contribution < 1.29 is 9.21 Å². The molecule has 0 atom stereocenters. The van der Waals surface area contributed by atoms with Crippen LogP contribution < -0.4 is 5.32 Å². The summed E-state index contributed by atoms with van der Waals surface area (Å²) in [6.45, 7) is 0.665. The number of carbonyl (C=O) groups is 1. The Labute approximate surface area is 110 Å². The number of aromatic nitrogens is 1. The van der Waals surface area contributed by atoms with Gasteiger partial charge in [-0.2, -0.15) is 11.8 Å². The summed E-state index contributed by atoms with van der Waals surface area (Å²) >= 11 is 1.52. The van der Waals surface area contributed by atoms with E-state index in [1.165, 1.54) is 11.8 Å². The Kier molecular flexibility index (Phi) is 4.64. The predicted octanol–water partition coefficient (Wildman–Crippen LogP) is 2.24. The van der Waals surface area contributed by atoms with E-state index in [0.29, 0.717) is 12.3 Å². The Bertz CT molecular complexity index is 491. The zero-order chi connectivity index (χ0) is 12.8. The van der Waals surface area contributed by atoms with Gasteiger partial charge in [-0.3, -0.25) is 4.79 Å². The molecular weight excluding hydrogens is 248 g/mol. The Hall–Kier alpha value is -1.49. The largest absolute Gasteiger partial charge is 0.441 e. The third-order valence-corrected chi connectivity index (χ3v) is 3.05. The van der Waals surface area contributed by atoms with E-state index in [-0.39, 0.29) is 5.91 Å². The van der Waals surface area contributed by atoms with Crippen LogP contribution in [0.2, 0.25) is 0 Å². The molecular formula is C13H16N2O2S. The molecule has 96 valence electrons. The van der Waals surface area contributed by atoms with E-state index in [2.05, 4.69) is 10.3 Å². The minimum absolute atomic E-state index is 0.0834. The zero-order valence-corrected chi connectivity index (χ0v) is 11.1. The van der Waals surface area contributed by atoms with Gasteiger partial charge < -0.3 is 9.73 Å². The third-order valence-electron chi connectivity index (χ3n) is 2.50. The molecule has 2 rings (SSSR count). The minimum atomic E-state index is 0.0834. The van der Waals surface area contributed by atoms with Crippen molar-refractivity contribution >= 4 is 28.8 Å². The summed E-state index contributed by atoms with van der Waals surface area (Å²) in [5.74, 6) is 1.33. The maximum Gasteiger partial charge on any atom is 0.229 e. The summed E-state index contributed by atoms with van der Waals surface area (Å²) in [7, 11) is 0.